The topological polar surface area (TPSA) is 85.8 Å². The summed E-state index contributed by atoms with van der Waals surface area (Å²) in [6.07, 6.45) is 6.42. The molecule has 0 amide bonds. The molecule has 2 heterocycles. The molecule has 1 aliphatic heterocycles. The number of fused-ring (bicyclic) bond motifs is 1. The van der Waals surface area contributed by atoms with Gasteiger partial charge in [0.25, 0.3) is 0 Å². The lowest BCUT2D eigenvalue weighted by molar-refractivity contribution is -0.136. The minimum atomic E-state index is -0.778. The lowest BCUT2D eigenvalue weighted by Crippen LogP contribution is -2.40. The number of aromatic nitrogens is 1. The van der Waals surface area contributed by atoms with Crippen LogP contribution in [-0.2, 0) is 16.0 Å². The summed E-state index contributed by atoms with van der Waals surface area (Å²) in [6.45, 7) is 4.00. The Balaban J connectivity index is 0.000000305. The molecule has 0 fully saturated rings. The van der Waals surface area contributed by atoms with Crippen molar-refractivity contribution < 1.29 is 19.7 Å². The second kappa shape index (κ2) is 11.4. The highest BCUT2D eigenvalue weighted by Gasteiger charge is 2.14. The number of hydrogen-bond donors (Lipinski definition) is 4. The first-order valence-electron chi connectivity index (χ1n) is 8.75. The van der Waals surface area contributed by atoms with E-state index in [4.69, 9.17) is 14.9 Å². The van der Waals surface area contributed by atoms with E-state index in [1.54, 1.807) is 31.4 Å². The van der Waals surface area contributed by atoms with Gasteiger partial charge in [0, 0.05) is 43.1 Å². The number of nitrogens with one attached hydrogen (secondary N) is 1. The summed E-state index contributed by atoms with van der Waals surface area (Å²) in [5.74, 6) is -0.497. The first-order valence-corrected chi connectivity index (χ1v) is 9.20. The predicted molar refractivity (Wildman–Crippen MR) is 110 cm³/mol. The molecule has 1 aliphatic rings. The highest BCUT2D eigenvalue weighted by Crippen LogP contribution is 2.11. The first-order chi connectivity index (χ1) is 12.9. The third kappa shape index (κ3) is 7.03. The Morgan fingerprint density at radius 2 is 1.93 bits per heavy atom. The molecular weight excluding hydrogens is 364 g/mol. The van der Waals surface area contributed by atoms with Crippen LogP contribution in [0, 0.1) is 0 Å². The third-order valence-corrected chi connectivity index (χ3v) is 4.08. The summed E-state index contributed by atoms with van der Waals surface area (Å²) in [4.78, 5) is 16.5. The number of phenols is 1. The molecule has 6 nitrogen and oxygen atoms in total. The molecule has 0 radical (unpaired) electrons. The first kappa shape index (κ1) is 22.7. The van der Waals surface area contributed by atoms with E-state index in [0.717, 1.165) is 21.0 Å². The van der Waals surface area contributed by atoms with Crippen molar-refractivity contribution in [3.8, 4) is 5.75 Å². The fourth-order valence-corrected chi connectivity index (χ4v) is 2.62. The summed E-state index contributed by atoms with van der Waals surface area (Å²) < 4.78 is 5.32. The lowest BCUT2D eigenvalue weighted by atomic mass is 10.1. The van der Waals surface area contributed by atoms with Crippen LogP contribution in [0.15, 0.2) is 35.4 Å². The van der Waals surface area contributed by atoms with Crippen LogP contribution in [0.2, 0.25) is 0 Å². The van der Waals surface area contributed by atoms with Gasteiger partial charge in [-0.2, -0.15) is 0 Å². The number of carbonyl (C=O) groups is 1. The van der Waals surface area contributed by atoms with Crippen molar-refractivity contribution in [3.63, 3.8) is 0 Å². The number of phenolic OH excluding ortho intramolecular Hbond substituents is 1. The van der Waals surface area contributed by atoms with Crippen LogP contribution < -0.4 is 10.6 Å². The molecule has 148 valence electrons. The number of ether oxygens (including phenoxy) is 1. The van der Waals surface area contributed by atoms with Crippen molar-refractivity contribution in [1.82, 2.24) is 9.88 Å². The molecule has 0 saturated carbocycles. The second-order valence-corrected chi connectivity index (χ2v) is 6.16. The van der Waals surface area contributed by atoms with Gasteiger partial charge in [0.1, 0.15) is 12.0 Å². The van der Waals surface area contributed by atoms with Crippen molar-refractivity contribution in [2.75, 3.05) is 14.2 Å². The molecule has 7 heteroatoms. The average molecular weight is 393 g/mol. The summed E-state index contributed by atoms with van der Waals surface area (Å²) in [6, 6.07) is 6.67. The van der Waals surface area contributed by atoms with E-state index in [9.17, 15) is 4.79 Å². The van der Waals surface area contributed by atoms with E-state index in [1.165, 1.54) is 0 Å². The number of aliphatic carboxylic acids is 1. The van der Waals surface area contributed by atoms with Crippen molar-refractivity contribution >= 4 is 30.9 Å². The number of carboxylic acid groups (broad SMARTS) is 1. The number of nitrogens with zero attached hydrogens (tertiary/aromatic N) is 1. The van der Waals surface area contributed by atoms with Gasteiger partial charge >= 0.3 is 5.97 Å². The zero-order valence-corrected chi connectivity index (χ0v) is 17.0. The van der Waals surface area contributed by atoms with Crippen molar-refractivity contribution in [2.24, 2.45) is 0 Å². The fraction of sp³-hybridized carbons (Fsp3) is 0.350. The van der Waals surface area contributed by atoms with Crippen LogP contribution in [0.3, 0.4) is 0 Å². The minimum absolute atomic E-state index is 0.0955. The van der Waals surface area contributed by atoms with Crippen molar-refractivity contribution in [1.29, 1.82) is 0 Å². The van der Waals surface area contributed by atoms with Gasteiger partial charge in [-0.05, 0) is 42.3 Å². The number of H-pyrrole nitrogens is 1. The zero-order valence-electron chi connectivity index (χ0n) is 16.1. The van der Waals surface area contributed by atoms with Crippen LogP contribution in [0.4, 0.5) is 0 Å². The Morgan fingerprint density at radius 1 is 1.30 bits per heavy atom. The minimum Gasteiger partial charge on any atom is -0.508 e. The van der Waals surface area contributed by atoms with Crippen LogP contribution in [0.1, 0.15) is 25.8 Å². The molecule has 0 bridgehead atoms. The molecule has 0 aliphatic carbocycles. The van der Waals surface area contributed by atoms with Crippen molar-refractivity contribution in [2.45, 2.75) is 37.8 Å². The van der Waals surface area contributed by atoms with E-state index in [1.807, 2.05) is 44.3 Å². The molecule has 3 N–H and O–H groups in total. The molecule has 0 saturated heterocycles. The molecule has 0 spiro atoms. The van der Waals surface area contributed by atoms with Gasteiger partial charge in [-0.3, -0.25) is 4.79 Å². The van der Waals surface area contributed by atoms with Crippen LogP contribution in [0.25, 0.3) is 12.3 Å². The van der Waals surface area contributed by atoms with E-state index < -0.39 is 5.97 Å². The summed E-state index contributed by atoms with van der Waals surface area (Å²) in [7, 11) is 3.59. The van der Waals surface area contributed by atoms with E-state index >= 15 is 0 Å². The van der Waals surface area contributed by atoms with Gasteiger partial charge < -0.3 is 24.8 Å². The highest BCUT2D eigenvalue weighted by molar-refractivity contribution is 7.80. The van der Waals surface area contributed by atoms with Gasteiger partial charge in [-0.25, -0.2) is 0 Å². The average Bonchev–Trinajstić information content (AvgIpc) is 3.05. The third-order valence-electron chi connectivity index (χ3n) is 3.78. The largest absolute Gasteiger partial charge is 0.508 e. The molecule has 1 aromatic carbocycles. The van der Waals surface area contributed by atoms with Crippen LogP contribution in [-0.4, -0.2) is 46.5 Å². The zero-order chi connectivity index (χ0) is 20.4. The Kier molecular flexibility index (Phi) is 9.53. The van der Waals surface area contributed by atoms with Gasteiger partial charge in [0.15, 0.2) is 0 Å². The lowest BCUT2D eigenvalue weighted by Gasteiger charge is -2.24. The number of aromatic hydroxyl groups is 1. The van der Waals surface area contributed by atoms with Gasteiger partial charge in [-0.15, -0.1) is 12.6 Å². The Hall–Kier alpha value is -2.38. The molecule has 2 aromatic rings. The number of benzene rings is 1. The predicted octanol–water partition coefficient (Wildman–Crippen LogP) is 2.18. The fourth-order valence-electron chi connectivity index (χ4n) is 2.47. The number of thiol groups is 1. The Morgan fingerprint density at radius 3 is 2.44 bits per heavy atom. The summed E-state index contributed by atoms with van der Waals surface area (Å²) in [5, 5.41) is 19.5. The van der Waals surface area contributed by atoms with E-state index in [-0.39, 0.29) is 18.4 Å². The normalized spacial score (nSPS) is 14.4. The Bertz CT molecular complexity index is 810. The maximum absolute atomic E-state index is 10.6. The number of aromatic amines is 1. The van der Waals surface area contributed by atoms with Gasteiger partial charge in [0.2, 0.25) is 0 Å². The quantitative estimate of drug-likeness (QED) is 0.599. The molecule has 3 rings (SSSR count). The van der Waals surface area contributed by atoms with Gasteiger partial charge in [-0.1, -0.05) is 13.8 Å². The smallest absolute Gasteiger partial charge is 0.303 e. The second-order valence-electron chi connectivity index (χ2n) is 5.64. The number of carboxylic acids is 1. The molecular formula is C20H28N2O4S. The maximum Gasteiger partial charge on any atom is 0.303 e. The van der Waals surface area contributed by atoms with Crippen LogP contribution >= 0.6 is 12.6 Å². The standard InChI is InChI=1S/C12H16N2O3.C6H6OS.C2H6/c1-14-7-10-9(5-11(14)17-2)8(6-13-10)3-4-12(15)16;7-5-1-3-6(8)4-2-5;1-2/h5-7,11,13H,3-4H2,1-2H3,(H,15,16);1-4,7-8H;1-2H3. The number of rotatable bonds is 4. The summed E-state index contributed by atoms with van der Waals surface area (Å²) in [5.41, 5.74) is 1.02. The van der Waals surface area contributed by atoms with E-state index in [2.05, 4.69) is 17.6 Å². The summed E-state index contributed by atoms with van der Waals surface area (Å²) >= 11 is 4.02. The number of aryl methyl sites for hydroxylation is 1. The van der Waals surface area contributed by atoms with Crippen molar-refractivity contribution in [3.05, 3.63) is 46.6 Å². The van der Waals surface area contributed by atoms with Gasteiger partial charge in [0.05, 0.1) is 5.35 Å². The molecule has 1 unspecified atom stereocenters. The molecule has 27 heavy (non-hydrogen) atoms. The monoisotopic (exact) mass is 392 g/mol. The number of methoxy groups -OCH3 is 1. The maximum atomic E-state index is 10.6. The van der Waals surface area contributed by atoms with E-state index in [0.29, 0.717) is 6.42 Å². The molecule has 1 aromatic heterocycles. The van der Waals surface area contributed by atoms with Crippen LogP contribution in [0.5, 0.6) is 5.75 Å². The highest BCUT2D eigenvalue weighted by atomic mass is 32.1. The Labute approximate surface area is 165 Å². The SMILES string of the molecule is CC.COC1C=c2c(CCC(=O)O)c[nH]c2=CN1C.Oc1ccc(S)cc1. The number of hydrogen-bond acceptors (Lipinski definition) is 5. The molecule has 1 atom stereocenters.